The van der Waals surface area contributed by atoms with Crippen LogP contribution in [0, 0.1) is 0 Å². The average molecular weight is 200 g/mol. The number of rotatable bonds is 4. The first-order chi connectivity index (χ1) is 6.47. The summed E-state index contributed by atoms with van der Waals surface area (Å²) in [5, 5.41) is 0. The first kappa shape index (κ1) is 12.0. The fourth-order valence-electron chi connectivity index (χ4n) is 1.73. The Labute approximate surface area is 87.6 Å². The van der Waals surface area contributed by atoms with Crippen molar-refractivity contribution in [2.24, 2.45) is 5.73 Å². The van der Waals surface area contributed by atoms with Gasteiger partial charge in [-0.05, 0) is 40.2 Å². The molecule has 0 spiro atoms. The topological polar surface area (TPSA) is 38.5 Å². The van der Waals surface area contributed by atoms with Gasteiger partial charge in [-0.1, -0.05) is 0 Å². The van der Waals surface area contributed by atoms with Crippen LogP contribution in [-0.4, -0.2) is 42.8 Å². The summed E-state index contributed by atoms with van der Waals surface area (Å²) in [6.45, 7) is 10.5. The molecular formula is C11H24N2O. The predicted molar refractivity (Wildman–Crippen MR) is 59.4 cm³/mol. The van der Waals surface area contributed by atoms with E-state index in [9.17, 15) is 0 Å². The van der Waals surface area contributed by atoms with Gasteiger partial charge in [0.05, 0.1) is 5.60 Å². The van der Waals surface area contributed by atoms with Gasteiger partial charge >= 0.3 is 0 Å². The molecule has 1 aliphatic rings. The third kappa shape index (κ3) is 4.94. The zero-order valence-corrected chi connectivity index (χ0v) is 9.75. The van der Waals surface area contributed by atoms with Crippen LogP contribution in [0.3, 0.4) is 0 Å². The van der Waals surface area contributed by atoms with Crippen LogP contribution in [0.15, 0.2) is 0 Å². The van der Waals surface area contributed by atoms with Crippen molar-refractivity contribution < 1.29 is 4.74 Å². The molecule has 0 amide bonds. The second-order valence-electron chi connectivity index (χ2n) is 5.16. The molecule has 1 aliphatic heterocycles. The van der Waals surface area contributed by atoms with Crippen LogP contribution in [0.5, 0.6) is 0 Å². The number of ether oxygens (including phenoxy) is 1. The maximum absolute atomic E-state index is 5.83. The highest BCUT2D eigenvalue weighted by molar-refractivity contribution is 4.77. The molecule has 0 aliphatic carbocycles. The number of likely N-dealkylation sites (tertiary alicyclic amines) is 1. The van der Waals surface area contributed by atoms with Gasteiger partial charge in [0.15, 0.2) is 0 Å². The summed E-state index contributed by atoms with van der Waals surface area (Å²) in [5.41, 5.74) is 5.83. The van der Waals surface area contributed by atoms with Crippen molar-refractivity contribution in [3.05, 3.63) is 0 Å². The Kier molecular flexibility index (Phi) is 4.35. The van der Waals surface area contributed by atoms with E-state index < -0.39 is 0 Å². The van der Waals surface area contributed by atoms with Gasteiger partial charge in [0.25, 0.3) is 0 Å². The molecular weight excluding hydrogens is 176 g/mol. The lowest BCUT2D eigenvalue weighted by molar-refractivity contribution is -0.00636. The second-order valence-corrected chi connectivity index (χ2v) is 5.16. The second kappa shape index (κ2) is 5.10. The van der Waals surface area contributed by atoms with Crippen LogP contribution in [0.25, 0.3) is 0 Å². The smallest absolute Gasteiger partial charge is 0.0598 e. The van der Waals surface area contributed by atoms with E-state index in [4.69, 9.17) is 10.5 Å². The molecule has 0 aromatic rings. The summed E-state index contributed by atoms with van der Waals surface area (Å²) in [4.78, 5) is 2.43. The van der Waals surface area contributed by atoms with Gasteiger partial charge in [0.1, 0.15) is 0 Å². The normalized spacial score (nSPS) is 24.4. The molecule has 0 bridgehead atoms. The van der Waals surface area contributed by atoms with E-state index in [0.717, 1.165) is 39.1 Å². The molecule has 0 aromatic heterocycles. The minimum Gasteiger partial charge on any atom is -0.376 e. The highest BCUT2D eigenvalue weighted by atomic mass is 16.5. The van der Waals surface area contributed by atoms with E-state index in [1.165, 1.54) is 0 Å². The van der Waals surface area contributed by atoms with E-state index in [-0.39, 0.29) is 5.60 Å². The van der Waals surface area contributed by atoms with Gasteiger partial charge in [-0.15, -0.1) is 0 Å². The Bertz CT molecular complexity index is 165. The Morgan fingerprint density at radius 1 is 1.43 bits per heavy atom. The van der Waals surface area contributed by atoms with Crippen LogP contribution in [0.1, 0.15) is 33.6 Å². The molecule has 1 saturated heterocycles. The first-order valence-corrected chi connectivity index (χ1v) is 5.59. The Morgan fingerprint density at radius 2 is 2.14 bits per heavy atom. The zero-order chi connectivity index (χ0) is 10.6. The summed E-state index contributed by atoms with van der Waals surface area (Å²) in [7, 11) is 0. The average Bonchev–Trinajstić information content (AvgIpc) is 2.44. The highest BCUT2D eigenvalue weighted by Gasteiger charge is 2.18. The minimum absolute atomic E-state index is 0.00140. The largest absolute Gasteiger partial charge is 0.376 e. The van der Waals surface area contributed by atoms with Crippen LogP contribution >= 0.6 is 0 Å². The highest BCUT2D eigenvalue weighted by Crippen LogP contribution is 2.09. The van der Waals surface area contributed by atoms with Gasteiger partial charge in [-0.25, -0.2) is 0 Å². The molecule has 3 heteroatoms. The molecule has 0 aromatic carbocycles. The summed E-state index contributed by atoms with van der Waals surface area (Å²) in [6.07, 6.45) is 2.27. The number of nitrogens with zero attached hydrogens (tertiary/aromatic N) is 1. The van der Waals surface area contributed by atoms with Crippen LogP contribution in [-0.2, 0) is 4.74 Å². The first-order valence-electron chi connectivity index (χ1n) is 5.59. The third-order valence-electron chi connectivity index (χ3n) is 2.46. The molecule has 84 valence electrons. The Morgan fingerprint density at radius 3 is 2.64 bits per heavy atom. The van der Waals surface area contributed by atoms with Crippen molar-refractivity contribution >= 4 is 0 Å². The van der Waals surface area contributed by atoms with Gasteiger partial charge in [0.2, 0.25) is 0 Å². The molecule has 1 heterocycles. The standard InChI is InChI=1S/C11H24N2O/c1-11(2,3)14-8-4-6-13-7-5-10(12)9-13/h10H,4-9,12H2,1-3H3/t10-/m0/s1. The summed E-state index contributed by atoms with van der Waals surface area (Å²) in [5.74, 6) is 0. The predicted octanol–water partition coefficient (Wildman–Crippen LogP) is 1.22. The molecule has 1 rings (SSSR count). The lowest BCUT2D eigenvalue weighted by atomic mass is 10.2. The van der Waals surface area contributed by atoms with Crippen molar-refractivity contribution in [1.82, 2.24) is 4.90 Å². The number of hydrogen-bond donors (Lipinski definition) is 1. The minimum atomic E-state index is 0.00140. The van der Waals surface area contributed by atoms with Crippen molar-refractivity contribution in [3.63, 3.8) is 0 Å². The molecule has 0 radical (unpaired) electrons. The monoisotopic (exact) mass is 200 g/mol. The molecule has 1 atom stereocenters. The van der Waals surface area contributed by atoms with Crippen LogP contribution in [0.4, 0.5) is 0 Å². The van der Waals surface area contributed by atoms with Gasteiger partial charge < -0.3 is 15.4 Å². The summed E-state index contributed by atoms with van der Waals surface area (Å²) >= 11 is 0. The molecule has 1 fully saturated rings. The summed E-state index contributed by atoms with van der Waals surface area (Å²) < 4.78 is 5.66. The fourth-order valence-corrected chi connectivity index (χ4v) is 1.73. The molecule has 14 heavy (non-hydrogen) atoms. The van der Waals surface area contributed by atoms with Crippen LogP contribution in [0.2, 0.25) is 0 Å². The van der Waals surface area contributed by atoms with E-state index in [2.05, 4.69) is 25.7 Å². The van der Waals surface area contributed by atoms with Crippen molar-refractivity contribution in [3.8, 4) is 0 Å². The van der Waals surface area contributed by atoms with Gasteiger partial charge in [-0.3, -0.25) is 0 Å². The SMILES string of the molecule is CC(C)(C)OCCCN1CC[C@H](N)C1. The fraction of sp³-hybridized carbons (Fsp3) is 1.00. The van der Waals surface area contributed by atoms with Gasteiger partial charge in [-0.2, -0.15) is 0 Å². The van der Waals surface area contributed by atoms with Crippen molar-refractivity contribution in [1.29, 1.82) is 0 Å². The molecule has 0 unspecified atom stereocenters. The third-order valence-corrected chi connectivity index (χ3v) is 2.46. The van der Waals surface area contributed by atoms with Crippen LogP contribution < -0.4 is 5.73 Å². The van der Waals surface area contributed by atoms with Crippen molar-refractivity contribution in [2.45, 2.75) is 45.3 Å². The van der Waals surface area contributed by atoms with Crippen molar-refractivity contribution in [2.75, 3.05) is 26.2 Å². The maximum atomic E-state index is 5.83. The van der Waals surface area contributed by atoms with E-state index >= 15 is 0 Å². The van der Waals surface area contributed by atoms with E-state index in [1.54, 1.807) is 0 Å². The Balaban J connectivity index is 1.99. The lowest BCUT2D eigenvalue weighted by Crippen LogP contribution is -2.28. The van der Waals surface area contributed by atoms with E-state index in [1.807, 2.05) is 0 Å². The summed E-state index contributed by atoms with van der Waals surface area (Å²) in [6, 6.07) is 0.401. The Hall–Kier alpha value is -0.120. The molecule has 0 saturated carbocycles. The van der Waals surface area contributed by atoms with Gasteiger partial charge in [0, 0.05) is 25.7 Å². The number of nitrogens with two attached hydrogens (primary N) is 1. The van der Waals surface area contributed by atoms with E-state index in [0.29, 0.717) is 6.04 Å². The lowest BCUT2D eigenvalue weighted by Gasteiger charge is -2.21. The molecule has 2 N–H and O–H groups in total. The zero-order valence-electron chi connectivity index (χ0n) is 9.75. The maximum Gasteiger partial charge on any atom is 0.0598 e. The molecule has 3 nitrogen and oxygen atoms in total. The quantitative estimate of drug-likeness (QED) is 0.694. The number of hydrogen-bond acceptors (Lipinski definition) is 3.